The molecule has 16 heavy (non-hydrogen) atoms. The average molecular weight is 245 g/mol. The number of hydrogen-bond acceptors (Lipinski definition) is 2. The minimum atomic E-state index is -0.280. The zero-order valence-corrected chi connectivity index (χ0v) is 11.6. The summed E-state index contributed by atoms with van der Waals surface area (Å²) < 4.78 is 0. The van der Waals surface area contributed by atoms with Gasteiger partial charge in [-0.2, -0.15) is 0 Å². The van der Waals surface area contributed by atoms with Crippen LogP contribution >= 0.6 is 12.2 Å². The Morgan fingerprint density at radius 1 is 1.38 bits per heavy atom. The van der Waals surface area contributed by atoms with E-state index in [1.807, 2.05) is 13.8 Å². The van der Waals surface area contributed by atoms with Crippen molar-refractivity contribution in [3.63, 3.8) is 0 Å². The molecular weight excluding hydrogens is 222 g/mol. The molecule has 4 nitrogen and oxygen atoms in total. The van der Waals surface area contributed by atoms with Gasteiger partial charge in [0.15, 0.2) is 5.11 Å². The van der Waals surface area contributed by atoms with Crippen LogP contribution in [0.1, 0.15) is 27.7 Å². The maximum Gasteiger partial charge on any atom is 0.244 e. The molecule has 1 atom stereocenters. The van der Waals surface area contributed by atoms with Crippen molar-refractivity contribution < 1.29 is 4.79 Å². The summed E-state index contributed by atoms with van der Waals surface area (Å²) in [6.45, 7) is 9.50. The number of hydrogen-bond donors (Lipinski definition) is 2. The predicted octanol–water partition coefficient (Wildman–Crippen LogP) is 0.973. The summed E-state index contributed by atoms with van der Waals surface area (Å²) in [6, 6.07) is -0.280. The Balaban J connectivity index is 3.99. The summed E-state index contributed by atoms with van der Waals surface area (Å²) in [5.74, 6) is 0.584. The Morgan fingerprint density at radius 2 is 1.94 bits per heavy atom. The second kappa shape index (κ2) is 7.44. The zero-order chi connectivity index (χ0) is 12.7. The van der Waals surface area contributed by atoms with Crippen molar-refractivity contribution in [2.45, 2.75) is 33.7 Å². The summed E-state index contributed by atoms with van der Waals surface area (Å²) in [5.41, 5.74) is 0. The highest BCUT2D eigenvalue weighted by Gasteiger charge is 2.16. The van der Waals surface area contributed by atoms with Crippen molar-refractivity contribution in [2.24, 2.45) is 5.92 Å². The van der Waals surface area contributed by atoms with Gasteiger partial charge in [0.2, 0.25) is 5.91 Å². The van der Waals surface area contributed by atoms with E-state index in [1.165, 1.54) is 0 Å². The van der Waals surface area contributed by atoms with Crippen LogP contribution in [0.2, 0.25) is 0 Å². The van der Waals surface area contributed by atoms with Gasteiger partial charge in [-0.1, -0.05) is 13.8 Å². The summed E-state index contributed by atoms with van der Waals surface area (Å²) in [7, 11) is 1.78. The van der Waals surface area contributed by atoms with Crippen molar-refractivity contribution in [2.75, 3.05) is 20.1 Å². The standard InChI is InChI=1S/C11H23N3OS/c1-6-14(5)10(15)9(4)13-11(16)12-7-8(2)3/h8-9H,6-7H2,1-5H3,(H2,12,13,16). The van der Waals surface area contributed by atoms with Crippen molar-refractivity contribution >= 4 is 23.2 Å². The lowest BCUT2D eigenvalue weighted by molar-refractivity contribution is -0.131. The largest absolute Gasteiger partial charge is 0.362 e. The number of carbonyl (C=O) groups is 1. The van der Waals surface area contributed by atoms with E-state index in [9.17, 15) is 4.79 Å². The first kappa shape index (κ1) is 15.2. The van der Waals surface area contributed by atoms with Crippen molar-refractivity contribution in [1.82, 2.24) is 15.5 Å². The number of nitrogens with one attached hydrogen (secondary N) is 2. The van der Waals surface area contributed by atoms with Gasteiger partial charge in [-0.25, -0.2) is 0 Å². The van der Waals surface area contributed by atoms with Gasteiger partial charge in [-0.05, 0) is 32.0 Å². The molecule has 0 aliphatic rings. The van der Waals surface area contributed by atoms with Crippen molar-refractivity contribution in [3.8, 4) is 0 Å². The first-order chi connectivity index (χ1) is 7.38. The van der Waals surface area contributed by atoms with E-state index in [0.717, 1.165) is 6.54 Å². The van der Waals surface area contributed by atoms with Gasteiger partial charge >= 0.3 is 0 Å². The fraction of sp³-hybridized carbons (Fsp3) is 0.818. The molecule has 2 N–H and O–H groups in total. The highest BCUT2D eigenvalue weighted by atomic mass is 32.1. The summed E-state index contributed by atoms with van der Waals surface area (Å²) >= 11 is 5.10. The van der Waals surface area contributed by atoms with E-state index in [-0.39, 0.29) is 11.9 Å². The summed E-state index contributed by atoms with van der Waals surface area (Å²) in [6.07, 6.45) is 0. The molecule has 0 aromatic carbocycles. The van der Waals surface area contributed by atoms with Crippen LogP contribution < -0.4 is 10.6 Å². The topological polar surface area (TPSA) is 44.4 Å². The second-order valence-electron chi connectivity index (χ2n) is 4.32. The maximum absolute atomic E-state index is 11.7. The number of rotatable bonds is 5. The zero-order valence-electron chi connectivity index (χ0n) is 10.8. The van der Waals surface area contributed by atoms with Gasteiger partial charge in [0, 0.05) is 20.1 Å². The lowest BCUT2D eigenvalue weighted by Gasteiger charge is -2.22. The summed E-state index contributed by atoms with van der Waals surface area (Å²) in [5, 5.41) is 6.59. The van der Waals surface area contributed by atoms with Gasteiger partial charge in [0.1, 0.15) is 6.04 Å². The highest BCUT2D eigenvalue weighted by molar-refractivity contribution is 7.80. The molecule has 5 heteroatoms. The first-order valence-corrected chi connectivity index (χ1v) is 6.08. The minimum absolute atomic E-state index is 0.0520. The Labute approximate surface area is 104 Å². The Morgan fingerprint density at radius 3 is 2.38 bits per heavy atom. The number of carbonyl (C=O) groups excluding carboxylic acids is 1. The van der Waals surface area contributed by atoms with Gasteiger partial charge in [0.25, 0.3) is 0 Å². The van der Waals surface area contributed by atoms with E-state index in [0.29, 0.717) is 17.6 Å². The molecule has 1 amide bonds. The van der Waals surface area contributed by atoms with E-state index < -0.39 is 0 Å². The van der Waals surface area contributed by atoms with Gasteiger partial charge in [0.05, 0.1) is 0 Å². The molecule has 0 saturated heterocycles. The van der Waals surface area contributed by atoms with E-state index in [2.05, 4.69) is 24.5 Å². The van der Waals surface area contributed by atoms with Crippen molar-refractivity contribution in [3.05, 3.63) is 0 Å². The van der Waals surface area contributed by atoms with Crippen LogP contribution in [0.4, 0.5) is 0 Å². The lowest BCUT2D eigenvalue weighted by atomic mass is 10.2. The fourth-order valence-electron chi connectivity index (χ4n) is 1.09. The fourth-order valence-corrected chi connectivity index (χ4v) is 1.35. The molecule has 0 aromatic rings. The second-order valence-corrected chi connectivity index (χ2v) is 4.73. The van der Waals surface area contributed by atoms with Crippen LogP contribution in [0.3, 0.4) is 0 Å². The Hall–Kier alpha value is -0.840. The maximum atomic E-state index is 11.7. The third-order valence-electron chi connectivity index (χ3n) is 2.24. The predicted molar refractivity (Wildman–Crippen MR) is 71.3 cm³/mol. The van der Waals surface area contributed by atoms with E-state index in [1.54, 1.807) is 11.9 Å². The third-order valence-corrected chi connectivity index (χ3v) is 2.50. The van der Waals surface area contributed by atoms with Crippen LogP contribution in [-0.4, -0.2) is 42.1 Å². The van der Waals surface area contributed by atoms with E-state index in [4.69, 9.17) is 12.2 Å². The lowest BCUT2D eigenvalue weighted by Crippen LogP contribution is -2.49. The first-order valence-electron chi connectivity index (χ1n) is 5.67. The van der Waals surface area contributed by atoms with Gasteiger partial charge in [-0.15, -0.1) is 0 Å². The molecule has 94 valence electrons. The molecule has 1 unspecified atom stereocenters. The summed E-state index contributed by atoms with van der Waals surface area (Å²) in [4.78, 5) is 13.4. The molecule has 0 radical (unpaired) electrons. The molecular formula is C11H23N3OS. The van der Waals surface area contributed by atoms with Gasteiger partial charge < -0.3 is 15.5 Å². The molecule has 0 aliphatic carbocycles. The highest BCUT2D eigenvalue weighted by Crippen LogP contribution is 1.92. The number of nitrogens with zero attached hydrogens (tertiary/aromatic N) is 1. The van der Waals surface area contributed by atoms with Crippen LogP contribution in [0, 0.1) is 5.92 Å². The van der Waals surface area contributed by atoms with Crippen LogP contribution in [0.25, 0.3) is 0 Å². The molecule has 0 saturated carbocycles. The van der Waals surface area contributed by atoms with Crippen LogP contribution in [0.15, 0.2) is 0 Å². The number of thiocarbonyl (C=S) groups is 1. The molecule has 0 fully saturated rings. The Bertz CT molecular complexity index is 243. The van der Waals surface area contributed by atoms with Crippen molar-refractivity contribution in [1.29, 1.82) is 0 Å². The Kier molecular flexibility index (Phi) is 7.05. The molecule has 0 spiro atoms. The van der Waals surface area contributed by atoms with Crippen LogP contribution in [0.5, 0.6) is 0 Å². The molecule has 0 aliphatic heterocycles. The quantitative estimate of drug-likeness (QED) is 0.709. The monoisotopic (exact) mass is 245 g/mol. The molecule has 0 rings (SSSR count). The molecule has 0 heterocycles. The normalized spacial score (nSPS) is 12.1. The smallest absolute Gasteiger partial charge is 0.244 e. The molecule has 0 bridgehead atoms. The number of likely N-dealkylation sites (N-methyl/N-ethyl adjacent to an activating group) is 1. The average Bonchev–Trinajstić information content (AvgIpc) is 2.24. The van der Waals surface area contributed by atoms with Crippen LogP contribution in [-0.2, 0) is 4.79 Å². The SMILES string of the molecule is CCN(C)C(=O)C(C)NC(=S)NCC(C)C. The number of amides is 1. The molecule has 0 aromatic heterocycles. The van der Waals surface area contributed by atoms with E-state index >= 15 is 0 Å². The minimum Gasteiger partial charge on any atom is -0.362 e. The third kappa shape index (κ3) is 5.90. The van der Waals surface area contributed by atoms with Gasteiger partial charge in [-0.3, -0.25) is 4.79 Å².